The van der Waals surface area contributed by atoms with Crippen LogP contribution in [-0.2, 0) is 11.3 Å². The molecule has 1 N–H and O–H groups in total. The number of benzene rings is 1. The largest absolute Gasteiger partial charge is 0.380 e. The average Bonchev–Trinajstić information content (AvgIpc) is 2.45. The zero-order chi connectivity index (χ0) is 14.8. The summed E-state index contributed by atoms with van der Waals surface area (Å²) in [5, 5.41) is 3.34. The topological polar surface area (TPSA) is 24.5 Å². The first-order chi connectivity index (χ1) is 9.72. The second-order valence-corrected chi connectivity index (χ2v) is 4.73. The van der Waals surface area contributed by atoms with Crippen molar-refractivity contribution in [3.63, 3.8) is 0 Å². The van der Waals surface area contributed by atoms with Crippen LogP contribution in [0.5, 0.6) is 0 Å². The van der Waals surface area contributed by atoms with Gasteiger partial charge in [0.25, 0.3) is 0 Å². The Labute approximate surface area is 122 Å². The van der Waals surface area contributed by atoms with Crippen molar-refractivity contribution in [3.8, 4) is 0 Å². The van der Waals surface area contributed by atoms with Crippen molar-refractivity contribution < 1.29 is 9.13 Å². The number of halogens is 1. The summed E-state index contributed by atoms with van der Waals surface area (Å²) in [6.45, 7) is 11.0. The summed E-state index contributed by atoms with van der Waals surface area (Å²) < 4.78 is 18.9. The lowest BCUT2D eigenvalue weighted by molar-refractivity contribution is 0.154. The monoisotopic (exact) mass is 282 g/mol. The number of nitrogens with one attached hydrogen (secondary N) is 1. The normalized spacial score (nSPS) is 10.8. The van der Waals surface area contributed by atoms with Gasteiger partial charge in [0.15, 0.2) is 0 Å². The van der Waals surface area contributed by atoms with Gasteiger partial charge in [-0.05, 0) is 50.6 Å². The maximum absolute atomic E-state index is 13.5. The van der Waals surface area contributed by atoms with Crippen LogP contribution in [0.3, 0.4) is 0 Å². The van der Waals surface area contributed by atoms with Crippen molar-refractivity contribution in [2.75, 3.05) is 37.7 Å². The Bertz CT molecular complexity index is 385. The molecule has 114 valence electrons. The third-order valence-corrected chi connectivity index (χ3v) is 3.22. The lowest BCUT2D eigenvalue weighted by Gasteiger charge is -2.26. The van der Waals surface area contributed by atoms with Gasteiger partial charge in [0.2, 0.25) is 0 Å². The van der Waals surface area contributed by atoms with Gasteiger partial charge in [-0.1, -0.05) is 6.92 Å². The first-order valence-electron chi connectivity index (χ1n) is 7.54. The summed E-state index contributed by atoms with van der Waals surface area (Å²) in [4.78, 5) is 2.23. The van der Waals surface area contributed by atoms with Crippen molar-refractivity contribution in [1.29, 1.82) is 0 Å². The van der Waals surface area contributed by atoms with Gasteiger partial charge < -0.3 is 15.0 Å². The van der Waals surface area contributed by atoms with Crippen LogP contribution in [0.15, 0.2) is 18.2 Å². The highest BCUT2D eigenvalue weighted by molar-refractivity contribution is 5.53. The van der Waals surface area contributed by atoms with Crippen LogP contribution in [0.2, 0.25) is 0 Å². The fourth-order valence-corrected chi connectivity index (χ4v) is 2.17. The van der Waals surface area contributed by atoms with Crippen LogP contribution < -0.4 is 10.2 Å². The summed E-state index contributed by atoms with van der Waals surface area (Å²) in [6, 6.07) is 5.02. The standard InChI is InChI=1S/C16H27FN2O/c1-4-9-18-13-14-12-15(17)7-8-16(14)19(5-2)10-11-20-6-3/h7-8,12,18H,4-6,9-11,13H2,1-3H3. The molecule has 20 heavy (non-hydrogen) atoms. The summed E-state index contributed by atoms with van der Waals surface area (Å²) in [5.41, 5.74) is 2.11. The molecule has 0 aliphatic heterocycles. The Morgan fingerprint density at radius 1 is 1.25 bits per heavy atom. The van der Waals surface area contributed by atoms with E-state index in [0.29, 0.717) is 13.2 Å². The molecule has 0 saturated heterocycles. The van der Waals surface area contributed by atoms with Gasteiger partial charge in [-0.25, -0.2) is 4.39 Å². The predicted octanol–water partition coefficient (Wildman–Crippen LogP) is 3.19. The average molecular weight is 282 g/mol. The Kier molecular flexibility index (Phi) is 8.23. The number of likely N-dealkylation sites (N-methyl/N-ethyl adjacent to an activating group) is 1. The van der Waals surface area contributed by atoms with Gasteiger partial charge in [-0.3, -0.25) is 0 Å². The van der Waals surface area contributed by atoms with Crippen molar-refractivity contribution in [3.05, 3.63) is 29.6 Å². The van der Waals surface area contributed by atoms with Crippen molar-refractivity contribution in [1.82, 2.24) is 5.32 Å². The van der Waals surface area contributed by atoms with Gasteiger partial charge in [0.1, 0.15) is 5.82 Å². The van der Waals surface area contributed by atoms with Crippen molar-refractivity contribution in [2.24, 2.45) is 0 Å². The van der Waals surface area contributed by atoms with Crippen LogP contribution in [-0.4, -0.2) is 32.8 Å². The molecule has 0 bridgehead atoms. The molecule has 1 aromatic rings. The van der Waals surface area contributed by atoms with Gasteiger partial charge in [-0.15, -0.1) is 0 Å². The first-order valence-corrected chi connectivity index (χ1v) is 7.54. The molecule has 1 rings (SSSR count). The zero-order valence-electron chi connectivity index (χ0n) is 12.9. The second kappa shape index (κ2) is 9.72. The molecule has 1 aromatic carbocycles. The number of ether oxygens (including phenoxy) is 1. The zero-order valence-corrected chi connectivity index (χ0v) is 12.9. The van der Waals surface area contributed by atoms with Gasteiger partial charge in [-0.2, -0.15) is 0 Å². The van der Waals surface area contributed by atoms with Crippen molar-refractivity contribution >= 4 is 5.69 Å². The molecule has 0 aliphatic carbocycles. The second-order valence-electron chi connectivity index (χ2n) is 4.73. The number of anilines is 1. The molecule has 4 heteroatoms. The van der Waals surface area contributed by atoms with E-state index in [1.807, 2.05) is 13.0 Å². The number of rotatable bonds is 10. The maximum atomic E-state index is 13.5. The number of nitrogens with zero attached hydrogens (tertiary/aromatic N) is 1. The highest BCUT2D eigenvalue weighted by Gasteiger charge is 2.10. The molecule has 0 aromatic heterocycles. The van der Waals surface area contributed by atoms with E-state index in [2.05, 4.69) is 24.1 Å². The van der Waals surface area contributed by atoms with Gasteiger partial charge in [0.05, 0.1) is 6.61 Å². The van der Waals surface area contributed by atoms with Crippen molar-refractivity contribution in [2.45, 2.75) is 33.7 Å². The minimum absolute atomic E-state index is 0.178. The Morgan fingerprint density at radius 2 is 2.05 bits per heavy atom. The summed E-state index contributed by atoms with van der Waals surface area (Å²) in [6.07, 6.45) is 1.08. The Hall–Kier alpha value is -1.13. The van der Waals surface area contributed by atoms with Crippen LogP contribution in [0.4, 0.5) is 10.1 Å². The van der Waals surface area contributed by atoms with E-state index in [-0.39, 0.29) is 5.82 Å². The van der Waals surface area contributed by atoms with Crippen LogP contribution >= 0.6 is 0 Å². The quantitative estimate of drug-likeness (QED) is 0.667. The lowest BCUT2D eigenvalue weighted by Crippen LogP contribution is -2.29. The molecule has 0 radical (unpaired) electrons. The summed E-state index contributed by atoms with van der Waals surface area (Å²) >= 11 is 0. The molecule has 0 amide bonds. The molecular weight excluding hydrogens is 255 g/mol. The molecular formula is C16H27FN2O. The van der Waals surface area contributed by atoms with E-state index in [4.69, 9.17) is 4.74 Å². The van der Waals surface area contributed by atoms with E-state index < -0.39 is 0 Å². The highest BCUT2D eigenvalue weighted by Crippen LogP contribution is 2.21. The summed E-state index contributed by atoms with van der Waals surface area (Å²) in [5.74, 6) is -0.178. The molecule has 3 nitrogen and oxygen atoms in total. The minimum Gasteiger partial charge on any atom is -0.380 e. The first kappa shape index (κ1) is 16.9. The van der Waals surface area contributed by atoms with E-state index in [1.54, 1.807) is 6.07 Å². The minimum atomic E-state index is -0.178. The molecule has 0 saturated carbocycles. The third-order valence-electron chi connectivity index (χ3n) is 3.22. The highest BCUT2D eigenvalue weighted by atomic mass is 19.1. The van der Waals surface area contributed by atoms with Crippen LogP contribution in [0, 0.1) is 5.82 Å². The van der Waals surface area contributed by atoms with E-state index in [9.17, 15) is 4.39 Å². The van der Waals surface area contributed by atoms with Crippen LogP contribution in [0.1, 0.15) is 32.8 Å². The third kappa shape index (κ3) is 5.47. The molecule has 0 atom stereocenters. The SMILES string of the molecule is CCCNCc1cc(F)ccc1N(CC)CCOCC. The smallest absolute Gasteiger partial charge is 0.123 e. The molecule has 0 heterocycles. The Balaban J connectivity index is 2.78. The molecule has 0 spiro atoms. The predicted molar refractivity (Wildman–Crippen MR) is 82.8 cm³/mol. The lowest BCUT2D eigenvalue weighted by atomic mass is 10.1. The fraction of sp³-hybridized carbons (Fsp3) is 0.625. The van der Waals surface area contributed by atoms with E-state index in [0.717, 1.165) is 43.9 Å². The number of hydrogen-bond acceptors (Lipinski definition) is 3. The fourth-order valence-electron chi connectivity index (χ4n) is 2.17. The summed E-state index contributed by atoms with van der Waals surface area (Å²) in [7, 11) is 0. The van der Waals surface area contributed by atoms with Crippen LogP contribution in [0.25, 0.3) is 0 Å². The number of hydrogen-bond donors (Lipinski definition) is 1. The van der Waals surface area contributed by atoms with E-state index >= 15 is 0 Å². The molecule has 0 aliphatic rings. The molecule has 0 unspecified atom stereocenters. The molecule has 0 fully saturated rings. The van der Waals surface area contributed by atoms with Gasteiger partial charge >= 0.3 is 0 Å². The van der Waals surface area contributed by atoms with E-state index in [1.165, 1.54) is 6.07 Å². The Morgan fingerprint density at radius 3 is 2.70 bits per heavy atom. The maximum Gasteiger partial charge on any atom is 0.123 e. The van der Waals surface area contributed by atoms with Gasteiger partial charge in [0, 0.05) is 31.9 Å².